The van der Waals surface area contributed by atoms with Crippen molar-refractivity contribution in [2.24, 2.45) is 12.8 Å². The first-order valence-corrected chi connectivity index (χ1v) is 13.2. The molecule has 8 nitrogen and oxygen atoms in total. The van der Waals surface area contributed by atoms with Gasteiger partial charge in [-0.1, -0.05) is 41.9 Å². The second-order valence-corrected chi connectivity index (χ2v) is 10.6. The zero-order valence-corrected chi connectivity index (χ0v) is 22.0. The van der Waals surface area contributed by atoms with Crippen LogP contribution < -0.4 is 25.3 Å². The molecule has 7 rings (SSSR count). The molecular weight excluding hydrogens is 542 g/mol. The summed E-state index contributed by atoms with van der Waals surface area (Å²) < 4.78 is 51.5. The van der Waals surface area contributed by atoms with Crippen LogP contribution >= 0.6 is 11.6 Å². The normalized spacial score (nSPS) is 20.6. The standard InChI is InChI=1S/C29H23ClF2N4O4/c1-36-13-20-28(35-36)39-26-19(38-20)10-15(27(33)37)23(25(26)32)22-16-12-29(21-8-5-9-34-21,14-6-3-2-4-7-14)40-18(16)11-17(31)24(22)30/h2-4,6-7,10-11,13,21,34H,5,8-9,12H2,1H3,(H2,33,37)/t21-,29-/m0/s1. The molecule has 204 valence electrons. The molecule has 0 spiro atoms. The van der Waals surface area contributed by atoms with E-state index in [9.17, 15) is 4.79 Å². The van der Waals surface area contributed by atoms with Crippen LogP contribution in [0.4, 0.5) is 8.78 Å². The van der Waals surface area contributed by atoms with Crippen molar-refractivity contribution in [2.45, 2.75) is 30.9 Å². The number of hydrogen-bond acceptors (Lipinski definition) is 6. The number of nitrogens with one attached hydrogen (secondary N) is 1. The first-order valence-electron chi connectivity index (χ1n) is 12.8. The number of ether oxygens (including phenoxy) is 3. The molecule has 11 heteroatoms. The first kappa shape index (κ1) is 24.9. The van der Waals surface area contributed by atoms with Gasteiger partial charge >= 0.3 is 0 Å². The van der Waals surface area contributed by atoms with Crippen molar-refractivity contribution in [1.29, 1.82) is 0 Å². The molecule has 1 amide bonds. The van der Waals surface area contributed by atoms with Crippen molar-refractivity contribution in [2.75, 3.05) is 6.54 Å². The average Bonchev–Trinajstić information content (AvgIpc) is 3.68. The number of aromatic nitrogens is 2. The van der Waals surface area contributed by atoms with E-state index in [1.165, 1.54) is 16.8 Å². The second-order valence-electron chi connectivity index (χ2n) is 10.2. The molecule has 0 radical (unpaired) electrons. The number of nitrogens with two attached hydrogens (primary N) is 1. The Morgan fingerprint density at radius 2 is 1.95 bits per heavy atom. The van der Waals surface area contributed by atoms with Crippen LogP contribution in [0.2, 0.25) is 5.02 Å². The van der Waals surface area contributed by atoms with E-state index in [4.69, 9.17) is 31.5 Å². The summed E-state index contributed by atoms with van der Waals surface area (Å²) in [5.74, 6) is -2.63. The second kappa shape index (κ2) is 8.94. The van der Waals surface area contributed by atoms with Crippen LogP contribution in [0, 0.1) is 11.6 Å². The van der Waals surface area contributed by atoms with Crippen molar-refractivity contribution in [3.63, 3.8) is 0 Å². The number of benzene rings is 3. The van der Waals surface area contributed by atoms with Crippen LogP contribution in [0.15, 0.2) is 48.7 Å². The van der Waals surface area contributed by atoms with Gasteiger partial charge in [-0.2, -0.15) is 0 Å². The van der Waals surface area contributed by atoms with Gasteiger partial charge in [0.1, 0.15) is 11.6 Å². The van der Waals surface area contributed by atoms with Crippen LogP contribution in [-0.2, 0) is 19.1 Å². The topological polar surface area (TPSA) is 101 Å². The molecule has 4 heterocycles. The van der Waals surface area contributed by atoms with Crippen molar-refractivity contribution in [3.05, 3.63) is 82.0 Å². The summed E-state index contributed by atoms with van der Waals surface area (Å²) in [6.07, 6.45) is 3.56. The van der Waals surface area contributed by atoms with E-state index in [-0.39, 0.29) is 63.1 Å². The molecule has 0 aliphatic carbocycles. The molecule has 0 unspecified atom stereocenters. The van der Waals surface area contributed by atoms with Crippen LogP contribution in [-0.4, -0.2) is 28.3 Å². The van der Waals surface area contributed by atoms with E-state index in [2.05, 4.69) is 10.4 Å². The largest absolute Gasteiger partial charge is 0.480 e. The number of rotatable bonds is 4. The minimum Gasteiger partial charge on any atom is -0.480 e. The van der Waals surface area contributed by atoms with E-state index >= 15 is 8.78 Å². The zero-order valence-electron chi connectivity index (χ0n) is 21.3. The van der Waals surface area contributed by atoms with Gasteiger partial charge in [0.2, 0.25) is 17.4 Å². The fraction of sp³-hybridized carbons (Fsp3) is 0.241. The number of halogens is 3. The number of nitrogens with zero attached hydrogens (tertiary/aromatic N) is 2. The molecule has 3 N–H and O–H groups in total. The maximum absolute atomic E-state index is 16.5. The first-order chi connectivity index (χ1) is 19.3. The lowest BCUT2D eigenvalue weighted by molar-refractivity contribution is 0.0539. The van der Waals surface area contributed by atoms with Gasteiger partial charge < -0.3 is 25.3 Å². The Hall–Kier alpha value is -4.15. The van der Waals surface area contributed by atoms with Gasteiger partial charge in [-0.05, 0) is 31.0 Å². The lowest BCUT2D eigenvalue weighted by Gasteiger charge is -2.35. The summed E-state index contributed by atoms with van der Waals surface area (Å²) in [5, 5.41) is 7.29. The van der Waals surface area contributed by atoms with Gasteiger partial charge in [-0.25, -0.2) is 8.78 Å². The Morgan fingerprint density at radius 1 is 1.15 bits per heavy atom. The number of amides is 1. The van der Waals surface area contributed by atoms with Crippen molar-refractivity contribution in [3.8, 4) is 40.0 Å². The number of hydrogen-bond donors (Lipinski definition) is 2. The zero-order chi connectivity index (χ0) is 27.8. The van der Waals surface area contributed by atoms with Gasteiger partial charge in [-0.3, -0.25) is 9.48 Å². The molecule has 4 aromatic rings. The Balaban J connectivity index is 1.45. The quantitative estimate of drug-likeness (QED) is 0.295. The monoisotopic (exact) mass is 564 g/mol. The lowest BCUT2D eigenvalue weighted by atomic mass is 9.80. The van der Waals surface area contributed by atoms with Gasteiger partial charge in [0.15, 0.2) is 17.2 Å². The molecule has 2 atom stereocenters. The number of primary amides is 1. The van der Waals surface area contributed by atoms with Gasteiger partial charge in [0, 0.05) is 36.2 Å². The molecule has 0 saturated carbocycles. The van der Waals surface area contributed by atoms with Crippen LogP contribution in [0.3, 0.4) is 0 Å². The highest BCUT2D eigenvalue weighted by molar-refractivity contribution is 6.34. The van der Waals surface area contributed by atoms with E-state index in [1.807, 2.05) is 30.3 Å². The Kier molecular flexibility index (Phi) is 5.55. The molecule has 3 aliphatic rings. The minimum absolute atomic E-state index is 0.0167. The third-order valence-corrected chi connectivity index (χ3v) is 8.16. The third-order valence-electron chi connectivity index (χ3n) is 7.79. The smallest absolute Gasteiger partial charge is 0.282 e. The predicted molar refractivity (Wildman–Crippen MR) is 142 cm³/mol. The van der Waals surface area contributed by atoms with Gasteiger partial charge in [-0.15, -0.1) is 5.10 Å². The number of carbonyl (C=O) groups is 1. The molecule has 3 aromatic carbocycles. The molecule has 0 bridgehead atoms. The lowest BCUT2D eigenvalue weighted by Crippen LogP contribution is -2.48. The molecule has 1 fully saturated rings. The SMILES string of the molecule is Cn1cc2c(n1)Oc1c(cc(C(N)=O)c(-c3c(Cl)c(F)cc4c3C[C@](c3ccccc3)([C@@H]3CCCN3)O4)c1F)O2. The van der Waals surface area contributed by atoms with E-state index < -0.39 is 23.1 Å². The predicted octanol–water partition coefficient (Wildman–Crippen LogP) is 5.60. The van der Waals surface area contributed by atoms with Crippen LogP contribution in [0.1, 0.15) is 34.3 Å². The summed E-state index contributed by atoms with van der Waals surface area (Å²) in [4.78, 5) is 12.7. The van der Waals surface area contributed by atoms with E-state index in [0.29, 0.717) is 5.56 Å². The summed E-state index contributed by atoms with van der Waals surface area (Å²) in [6, 6.07) is 12.0. The van der Waals surface area contributed by atoms with Crippen LogP contribution in [0.25, 0.3) is 11.1 Å². The maximum Gasteiger partial charge on any atom is 0.282 e. The Morgan fingerprint density at radius 3 is 2.67 bits per heavy atom. The van der Waals surface area contributed by atoms with Gasteiger partial charge in [0.25, 0.3) is 5.88 Å². The van der Waals surface area contributed by atoms with Crippen molar-refractivity contribution >= 4 is 17.5 Å². The minimum atomic E-state index is -0.978. The molecule has 3 aliphatic heterocycles. The summed E-state index contributed by atoms with van der Waals surface area (Å²) in [5.41, 5.74) is 5.62. The summed E-state index contributed by atoms with van der Waals surface area (Å²) in [7, 11) is 1.65. The highest BCUT2D eigenvalue weighted by Gasteiger charge is 2.50. The van der Waals surface area contributed by atoms with E-state index in [0.717, 1.165) is 24.9 Å². The number of carbonyl (C=O) groups excluding carboxylic acids is 1. The highest BCUT2D eigenvalue weighted by Crippen LogP contribution is 2.55. The van der Waals surface area contributed by atoms with E-state index in [1.54, 1.807) is 13.2 Å². The molecule has 40 heavy (non-hydrogen) atoms. The third kappa shape index (κ3) is 3.59. The summed E-state index contributed by atoms with van der Waals surface area (Å²) in [6.45, 7) is 0.805. The van der Waals surface area contributed by atoms with Crippen molar-refractivity contribution in [1.82, 2.24) is 15.1 Å². The molecular formula is C29H23ClF2N4O4. The maximum atomic E-state index is 16.5. The fourth-order valence-electron chi connectivity index (χ4n) is 6.04. The number of fused-ring (bicyclic) bond motifs is 3. The molecule has 1 saturated heterocycles. The molecule has 1 aromatic heterocycles. The van der Waals surface area contributed by atoms with Gasteiger partial charge in [0.05, 0.1) is 22.8 Å². The fourth-order valence-corrected chi connectivity index (χ4v) is 6.31. The Labute approximate surface area is 232 Å². The Bertz CT molecular complexity index is 1700. The number of aryl methyl sites for hydroxylation is 1. The average molecular weight is 565 g/mol. The summed E-state index contributed by atoms with van der Waals surface area (Å²) >= 11 is 6.57. The van der Waals surface area contributed by atoms with Crippen molar-refractivity contribution < 1.29 is 27.8 Å². The highest BCUT2D eigenvalue weighted by atomic mass is 35.5. The van der Waals surface area contributed by atoms with Crippen LogP contribution in [0.5, 0.6) is 28.9 Å².